The number of aliphatic hydroxyl groups is 1. The molecule has 3 heterocycles. The molecule has 0 amide bonds. The van der Waals surface area contributed by atoms with Crippen molar-refractivity contribution in [1.82, 2.24) is 19.5 Å². The van der Waals surface area contributed by atoms with E-state index in [1.54, 1.807) is 18.7 Å². The fraction of sp³-hybridized carbons (Fsp3) is 0.417. The summed E-state index contributed by atoms with van der Waals surface area (Å²) in [6.45, 7) is -0.514. The van der Waals surface area contributed by atoms with Crippen molar-refractivity contribution in [2.75, 3.05) is 6.61 Å². The first-order valence-electron chi connectivity index (χ1n) is 7.04. The van der Waals surface area contributed by atoms with E-state index < -0.39 is 44.1 Å². The highest BCUT2D eigenvalue weighted by Gasteiger charge is 2.36. The van der Waals surface area contributed by atoms with Gasteiger partial charge in [-0.1, -0.05) is 0 Å². The van der Waals surface area contributed by atoms with E-state index in [-0.39, 0.29) is 6.42 Å². The average Bonchev–Trinajstić information content (AvgIpc) is 3.17. The summed E-state index contributed by atoms with van der Waals surface area (Å²) in [7, 11) is -4.66. The van der Waals surface area contributed by atoms with Gasteiger partial charge in [-0.3, -0.25) is 18.9 Å². The lowest BCUT2D eigenvalue weighted by molar-refractivity contribution is -0.0450. The molecule has 3 rings (SSSR count). The fourth-order valence-electron chi connectivity index (χ4n) is 2.08. The predicted octanol–water partition coefficient (Wildman–Crippen LogP) is -1.30. The molecular weight excluding hydrogens is 359 g/mol. The highest BCUT2D eigenvalue weighted by molar-refractivity contribution is 7.46. The number of aliphatic hydroxyl groups excluding tert-OH is 1. The summed E-state index contributed by atoms with van der Waals surface area (Å²) in [6, 6.07) is 1.12. The Morgan fingerprint density at radius 1 is 1.44 bits per heavy atom. The maximum Gasteiger partial charge on any atom is 0.469 e. The van der Waals surface area contributed by atoms with Crippen molar-refractivity contribution in [3.05, 3.63) is 51.8 Å². The van der Waals surface area contributed by atoms with Crippen molar-refractivity contribution >= 4 is 7.82 Å². The largest absolute Gasteiger partial charge is 0.469 e. The number of aromatic amines is 2. The first-order valence-corrected chi connectivity index (χ1v) is 8.57. The van der Waals surface area contributed by atoms with Gasteiger partial charge in [-0.15, -0.1) is 0 Å². The minimum Gasteiger partial charge on any atom is -0.390 e. The van der Waals surface area contributed by atoms with Gasteiger partial charge in [0.1, 0.15) is 12.3 Å². The Bertz CT molecular complexity index is 796. The molecule has 12 nitrogen and oxygen atoms in total. The van der Waals surface area contributed by atoms with Crippen molar-refractivity contribution < 1.29 is 28.7 Å². The van der Waals surface area contributed by atoms with Gasteiger partial charge in [0.05, 0.1) is 19.0 Å². The molecule has 1 fully saturated rings. The Morgan fingerprint density at radius 2 is 2.20 bits per heavy atom. The van der Waals surface area contributed by atoms with Crippen molar-refractivity contribution in [2.45, 2.75) is 24.9 Å². The second-order valence-electron chi connectivity index (χ2n) is 5.00. The number of imidazole rings is 1. The SMILES string of the molecule is O=c1ccn([C@H]2C[C@H](O)[C@@H](COP(=O)(O)O)O2)c(=O)[nH]1.c1c[nH]cn1. The second-order valence-corrected chi connectivity index (χ2v) is 6.24. The number of H-pyrrole nitrogens is 2. The van der Waals surface area contributed by atoms with Gasteiger partial charge in [-0.2, -0.15) is 0 Å². The maximum atomic E-state index is 11.5. The van der Waals surface area contributed by atoms with E-state index >= 15 is 0 Å². The summed E-state index contributed by atoms with van der Waals surface area (Å²) in [6.07, 6.45) is 3.45. The van der Waals surface area contributed by atoms with Crippen LogP contribution < -0.4 is 11.2 Å². The van der Waals surface area contributed by atoms with Gasteiger partial charge >= 0.3 is 13.5 Å². The van der Waals surface area contributed by atoms with E-state index in [0.29, 0.717) is 0 Å². The van der Waals surface area contributed by atoms with Crippen molar-refractivity contribution in [3.63, 3.8) is 0 Å². The molecule has 0 spiro atoms. The molecule has 3 atom stereocenters. The Morgan fingerprint density at radius 3 is 2.72 bits per heavy atom. The number of nitrogens with zero attached hydrogens (tertiary/aromatic N) is 2. The van der Waals surface area contributed by atoms with E-state index in [0.717, 1.165) is 10.6 Å². The molecule has 1 saturated heterocycles. The molecule has 2 aromatic heterocycles. The van der Waals surface area contributed by atoms with Crippen LogP contribution in [-0.2, 0) is 13.8 Å². The first-order chi connectivity index (χ1) is 11.8. The summed E-state index contributed by atoms with van der Waals surface area (Å²) in [4.78, 5) is 48.1. The van der Waals surface area contributed by atoms with Crippen LogP contribution in [0.5, 0.6) is 0 Å². The monoisotopic (exact) mass is 376 g/mol. The van der Waals surface area contributed by atoms with Crippen LogP contribution in [0, 0.1) is 0 Å². The van der Waals surface area contributed by atoms with Gasteiger partial charge in [0.2, 0.25) is 0 Å². The smallest absolute Gasteiger partial charge is 0.390 e. The zero-order valence-electron chi connectivity index (χ0n) is 12.8. The number of phosphoric acid groups is 1. The standard InChI is InChI=1S/C9H13N2O8P.C3H4N2/c12-5-3-8(11-2-1-7(13)10-9(11)14)19-6(5)4-18-20(15,16)17;1-2-5-3-4-1/h1-2,5-6,8,12H,3-4H2,(H,10,13,14)(H2,15,16,17);1-3H,(H,4,5)/t5-,6+,8+;/m0./s1. The van der Waals surface area contributed by atoms with Crippen LogP contribution in [0.3, 0.4) is 0 Å². The summed E-state index contributed by atoms with van der Waals surface area (Å²) in [5.41, 5.74) is -1.27. The fourth-order valence-corrected chi connectivity index (χ4v) is 2.42. The third-order valence-corrected chi connectivity index (χ3v) is 3.66. The number of aromatic nitrogens is 4. The van der Waals surface area contributed by atoms with Gasteiger partial charge in [0, 0.05) is 31.1 Å². The molecule has 0 aliphatic carbocycles. The van der Waals surface area contributed by atoms with Crippen LogP contribution in [-0.4, -0.2) is 53.2 Å². The minimum atomic E-state index is -4.66. The van der Waals surface area contributed by atoms with Crippen LogP contribution in [0.2, 0.25) is 0 Å². The summed E-state index contributed by atoms with van der Waals surface area (Å²) < 4.78 is 21.2. The third kappa shape index (κ3) is 6.05. The molecule has 2 aromatic rings. The van der Waals surface area contributed by atoms with Crippen LogP contribution in [0.15, 0.2) is 40.6 Å². The van der Waals surface area contributed by atoms with Crippen LogP contribution >= 0.6 is 7.82 Å². The molecule has 138 valence electrons. The van der Waals surface area contributed by atoms with E-state index in [2.05, 4.69) is 14.5 Å². The number of hydrogen-bond acceptors (Lipinski definition) is 7. The molecule has 1 aliphatic heterocycles. The second kappa shape index (κ2) is 8.34. The zero-order valence-corrected chi connectivity index (χ0v) is 13.7. The van der Waals surface area contributed by atoms with Crippen molar-refractivity contribution in [1.29, 1.82) is 0 Å². The lowest BCUT2D eigenvalue weighted by Gasteiger charge is -2.16. The summed E-state index contributed by atoms with van der Waals surface area (Å²) >= 11 is 0. The molecule has 0 bridgehead atoms. The van der Waals surface area contributed by atoms with E-state index in [1.165, 1.54) is 6.20 Å². The van der Waals surface area contributed by atoms with Crippen LogP contribution in [0.25, 0.3) is 0 Å². The summed E-state index contributed by atoms with van der Waals surface area (Å²) in [5.74, 6) is 0. The molecule has 0 aromatic carbocycles. The van der Waals surface area contributed by atoms with Gasteiger partial charge < -0.3 is 24.6 Å². The number of nitrogens with one attached hydrogen (secondary N) is 2. The zero-order chi connectivity index (χ0) is 18.4. The lowest BCUT2D eigenvalue weighted by Crippen LogP contribution is -2.31. The van der Waals surface area contributed by atoms with Gasteiger partial charge in [0.15, 0.2) is 0 Å². The summed E-state index contributed by atoms with van der Waals surface area (Å²) in [5, 5.41) is 9.72. The first kappa shape index (κ1) is 19.2. The molecule has 0 radical (unpaired) electrons. The topological polar surface area (TPSA) is 180 Å². The molecule has 1 aliphatic rings. The number of ether oxygens (including phenoxy) is 1. The van der Waals surface area contributed by atoms with Crippen LogP contribution in [0.4, 0.5) is 0 Å². The quantitative estimate of drug-likeness (QED) is 0.405. The molecular formula is C12H17N4O8P. The highest BCUT2D eigenvalue weighted by Crippen LogP contribution is 2.37. The number of rotatable bonds is 4. The lowest BCUT2D eigenvalue weighted by atomic mass is 10.2. The maximum absolute atomic E-state index is 11.5. The van der Waals surface area contributed by atoms with E-state index in [9.17, 15) is 19.3 Å². The Hall–Kier alpha value is -2.08. The van der Waals surface area contributed by atoms with Gasteiger partial charge in [-0.05, 0) is 0 Å². The third-order valence-electron chi connectivity index (χ3n) is 3.18. The predicted molar refractivity (Wildman–Crippen MR) is 82.4 cm³/mol. The van der Waals surface area contributed by atoms with Crippen LogP contribution in [0.1, 0.15) is 12.6 Å². The van der Waals surface area contributed by atoms with E-state index in [1.807, 2.05) is 4.98 Å². The number of hydrogen-bond donors (Lipinski definition) is 5. The number of phosphoric ester groups is 1. The Balaban J connectivity index is 0.000000386. The molecule has 0 unspecified atom stereocenters. The van der Waals surface area contributed by atoms with Gasteiger partial charge in [0.25, 0.3) is 5.56 Å². The average molecular weight is 376 g/mol. The molecule has 0 saturated carbocycles. The van der Waals surface area contributed by atoms with Crippen molar-refractivity contribution in [3.8, 4) is 0 Å². The molecule has 25 heavy (non-hydrogen) atoms. The van der Waals surface area contributed by atoms with Crippen molar-refractivity contribution in [2.24, 2.45) is 0 Å². The van der Waals surface area contributed by atoms with Gasteiger partial charge in [-0.25, -0.2) is 14.3 Å². The highest BCUT2D eigenvalue weighted by atomic mass is 31.2. The Labute approximate surface area is 140 Å². The Kier molecular flexibility index (Phi) is 6.42. The molecule has 5 N–H and O–H groups in total. The molecule has 13 heteroatoms. The van der Waals surface area contributed by atoms with E-state index in [4.69, 9.17) is 14.5 Å². The minimum absolute atomic E-state index is 0.0289. The normalized spacial score (nSPS) is 23.1.